The second-order valence-corrected chi connectivity index (χ2v) is 16.4. The van der Waals surface area contributed by atoms with Crippen LogP contribution in [0.1, 0.15) is 129 Å². The number of hydrogen-bond donors (Lipinski definition) is 3. The third-order valence-corrected chi connectivity index (χ3v) is 9.57. The molecule has 0 rings (SSSR count). The quantitative estimate of drug-likeness (QED) is 0.0387. The number of ketones is 1. The summed E-state index contributed by atoms with van der Waals surface area (Å²) in [6, 6.07) is 0. The van der Waals surface area contributed by atoms with E-state index < -0.39 is 22.0 Å². The van der Waals surface area contributed by atoms with Crippen molar-refractivity contribution in [1.82, 2.24) is 5.32 Å². The summed E-state index contributed by atoms with van der Waals surface area (Å²) in [7, 11) is 3.58. The Labute approximate surface area is 288 Å². The van der Waals surface area contributed by atoms with Crippen molar-refractivity contribution in [2.45, 2.75) is 141 Å². The Morgan fingerprint density at radius 3 is 1.66 bits per heavy atom. The summed E-state index contributed by atoms with van der Waals surface area (Å²) in [6.07, 6.45) is 22.1. The van der Waals surface area contributed by atoms with E-state index in [2.05, 4.69) is 31.6 Å². The zero-order valence-electron chi connectivity index (χ0n) is 30.7. The summed E-state index contributed by atoms with van der Waals surface area (Å²) in [5.74, 6) is -0.323. The van der Waals surface area contributed by atoms with Crippen LogP contribution in [0, 0.1) is 0 Å². The average molecular weight is 691 g/mol. The normalized spacial score (nSPS) is 14.0. The molecule has 3 N–H and O–H groups in total. The fourth-order valence-corrected chi connectivity index (χ4v) is 6.56. The summed E-state index contributed by atoms with van der Waals surface area (Å²) in [4.78, 5) is 24.3. The van der Waals surface area contributed by atoms with E-state index in [0.717, 1.165) is 88.2 Å². The molecule has 0 aromatic carbocycles. The fraction of sp³-hybridized carbons (Fsp3) is 0.889. The number of aliphatic hydroxyl groups excluding tert-OH is 2. The Bertz CT molecular complexity index is 954. The maximum Gasteiger partial charge on any atom is 0.219 e. The van der Waals surface area contributed by atoms with Crippen molar-refractivity contribution in [3.8, 4) is 0 Å². The number of amides is 1. The molecule has 0 aromatic rings. The van der Waals surface area contributed by atoms with E-state index in [-0.39, 0.29) is 18.6 Å². The SMILES string of the molecule is CCC(O)C[N+](C)(C)CCCCC(=O)CCCCCCC/C=C/CCCCCCCC(=O)NCCC[N+](C)(C)CC(O)CS(=O)(=O)[O-]. The van der Waals surface area contributed by atoms with E-state index in [4.69, 9.17) is 0 Å². The van der Waals surface area contributed by atoms with Gasteiger partial charge in [0.25, 0.3) is 0 Å². The van der Waals surface area contributed by atoms with Crippen LogP contribution in [0.2, 0.25) is 0 Å². The van der Waals surface area contributed by atoms with E-state index in [9.17, 15) is 32.8 Å². The first-order valence-electron chi connectivity index (χ1n) is 18.4. The van der Waals surface area contributed by atoms with E-state index >= 15 is 0 Å². The topological polar surface area (TPSA) is 144 Å². The molecule has 47 heavy (non-hydrogen) atoms. The number of likely N-dealkylation sites (N-methyl/N-ethyl adjacent to an activating group) is 2. The van der Waals surface area contributed by atoms with Crippen molar-refractivity contribution >= 4 is 21.8 Å². The zero-order chi connectivity index (χ0) is 35.6. The molecule has 0 bridgehead atoms. The Kier molecular flexibility index (Phi) is 25.7. The molecule has 0 aliphatic heterocycles. The highest BCUT2D eigenvalue weighted by molar-refractivity contribution is 7.85. The second kappa shape index (κ2) is 26.5. The van der Waals surface area contributed by atoms with Crippen LogP contribution in [0.25, 0.3) is 0 Å². The van der Waals surface area contributed by atoms with E-state index in [1.165, 1.54) is 32.1 Å². The third kappa shape index (κ3) is 31.6. The van der Waals surface area contributed by atoms with Crippen molar-refractivity contribution in [2.24, 2.45) is 0 Å². The van der Waals surface area contributed by atoms with Gasteiger partial charge in [-0.1, -0.05) is 57.6 Å². The van der Waals surface area contributed by atoms with E-state index in [1.54, 1.807) is 0 Å². The molecule has 2 atom stereocenters. The monoisotopic (exact) mass is 691 g/mol. The summed E-state index contributed by atoms with van der Waals surface area (Å²) in [5.41, 5.74) is 0. The molecule has 10 nitrogen and oxygen atoms in total. The molecular formula is C36H72N3O7S+. The lowest BCUT2D eigenvalue weighted by molar-refractivity contribution is -0.893. The third-order valence-electron chi connectivity index (χ3n) is 8.78. The van der Waals surface area contributed by atoms with Gasteiger partial charge in [0.1, 0.15) is 31.1 Å². The largest absolute Gasteiger partial charge is 0.748 e. The summed E-state index contributed by atoms with van der Waals surface area (Å²) in [6.45, 7) is 5.15. The van der Waals surface area contributed by atoms with Gasteiger partial charge in [0.05, 0.1) is 57.2 Å². The smallest absolute Gasteiger partial charge is 0.219 e. The van der Waals surface area contributed by atoms with Gasteiger partial charge >= 0.3 is 0 Å². The van der Waals surface area contributed by atoms with Crippen molar-refractivity contribution in [2.75, 3.05) is 66.7 Å². The molecule has 11 heteroatoms. The maximum absolute atomic E-state index is 12.2. The van der Waals surface area contributed by atoms with E-state index in [1.807, 2.05) is 21.0 Å². The Morgan fingerprint density at radius 2 is 1.13 bits per heavy atom. The number of carbonyl (C=O) groups is 2. The number of rotatable bonds is 32. The predicted octanol–water partition coefficient (Wildman–Crippen LogP) is 5.08. The van der Waals surface area contributed by atoms with Crippen LogP contribution in [0.3, 0.4) is 0 Å². The molecule has 0 fully saturated rings. The first kappa shape index (κ1) is 45.6. The number of nitrogens with one attached hydrogen (secondary N) is 1. The van der Waals surface area contributed by atoms with Crippen LogP contribution in [-0.4, -0.2) is 123 Å². The highest BCUT2D eigenvalue weighted by Crippen LogP contribution is 2.13. The fourth-order valence-electron chi connectivity index (χ4n) is 5.98. The number of unbranched alkanes of at least 4 members (excludes halogenated alkanes) is 11. The van der Waals surface area contributed by atoms with Gasteiger partial charge in [0, 0.05) is 32.2 Å². The molecule has 0 heterocycles. The molecular weight excluding hydrogens is 618 g/mol. The van der Waals surface area contributed by atoms with Crippen molar-refractivity contribution in [3.63, 3.8) is 0 Å². The maximum atomic E-state index is 12.2. The number of quaternary nitrogens is 2. The number of Topliss-reactive ketones (excluding diaryl/α,β-unsaturated/α-hetero) is 1. The van der Waals surface area contributed by atoms with Crippen molar-refractivity contribution < 1.29 is 41.7 Å². The second-order valence-electron chi connectivity index (χ2n) is 14.9. The molecule has 0 aromatic heterocycles. The highest BCUT2D eigenvalue weighted by Gasteiger charge is 2.22. The molecule has 0 spiro atoms. The molecule has 0 aliphatic rings. The summed E-state index contributed by atoms with van der Waals surface area (Å²) in [5, 5.41) is 22.6. The molecule has 0 saturated heterocycles. The minimum absolute atomic E-state index is 0.0510. The molecule has 278 valence electrons. The van der Waals surface area contributed by atoms with E-state index in [0.29, 0.717) is 42.6 Å². The minimum atomic E-state index is -4.45. The Morgan fingerprint density at radius 1 is 0.681 bits per heavy atom. The lowest BCUT2D eigenvalue weighted by atomic mass is 10.0. The standard InChI is InChI=1S/C36H71N3O7S/c1-6-33(40)30-38(2,3)28-22-21-25-34(41)24-19-17-15-13-11-9-7-8-10-12-14-16-18-20-26-36(43)37-27-23-29-39(4,5)31-35(42)32-47(44,45)46/h7-8,33,35,40,42H,6,9-32H2,1-5H3/p+1/b8-7+. The zero-order valence-corrected chi connectivity index (χ0v) is 31.5. The van der Waals surface area contributed by atoms with Gasteiger partial charge in [-0.2, -0.15) is 0 Å². The number of allylic oxidation sites excluding steroid dienone is 2. The van der Waals surface area contributed by atoms with Gasteiger partial charge in [-0.05, 0) is 57.8 Å². The van der Waals surface area contributed by atoms with Gasteiger partial charge in [0.15, 0.2) is 0 Å². The molecule has 0 radical (unpaired) electrons. The van der Waals surface area contributed by atoms with Gasteiger partial charge in [-0.15, -0.1) is 0 Å². The predicted molar refractivity (Wildman–Crippen MR) is 191 cm³/mol. The lowest BCUT2D eigenvalue weighted by Gasteiger charge is -2.32. The van der Waals surface area contributed by atoms with Crippen LogP contribution in [0.15, 0.2) is 12.2 Å². The minimum Gasteiger partial charge on any atom is -0.748 e. The Hall–Kier alpha value is -1.37. The van der Waals surface area contributed by atoms with Crippen LogP contribution in [-0.2, 0) is 19.7 Å². The van der Waals surface area contributed by atoms with Gasteiger partial charge < -0.3 is 29.0 Å². The van der Waals surface area contributed by atoms with Crippen LogP contribution >= 0.6 is 0 Å². The van der Waals surface area contributed by atoms with Crippen molar-refractivity contribution in [3.05, 3.63) is 12.2 Å². The number of nitrogens with zero attached hydrogens (tertiary/aromatic N) is 2. The summed E-state index contributed by atoms with van der Waals surface area (Å²) >= 11 is 0. The number of aliphatic hydroxyl groups is 2. The molecule has 0 aliphatic carbocycles. The van der Waals surface area contributed by atoms with Gasteiger partial charge in [-0.25, -0.2) is 8.42 Å². The van der Waals surface area contributed by atoms with Gasteiger partial charge in [-0.3, -0.25) is 9.59 Å². The highest BCUT2D eigenvalue weighted by atomic mass is 32.2. The molecule has 1 amide bonds. The Balaban J connectivity index is 3.57. The summed E-state index contributed by atoms with van der Waals surface area (Å²) < 4.78 is 33.6. The molecule has 2 unspecified atom stereocenters. The van der Waals surface area contributed by atoms with Crippen molar-refractivity contribution in [1.29, 1.82) is 0 Å². The van der Waals surface area contributed by atoms with Crippen LogP contribution in [0.5, 0.6) is 0 Å². The average Bonchev–Trinajstić information content (AvgIpc) is 2.95. The number of carbonyl (C=O) groups excluding carboxylic acids is 2. The van der Waals surface area contributed by atoms with Gasteiger partial charge in [0.2, 0.25) is 5.91 Å². The first-order valence-corrected chi connectivity index (χ1v) is 20.0. The molecule has 0 saturated carbocycles. The first-order chi connectivity index (χ1) is 22.1. The number of hydrogen-bond acceptors (Lipinski definition) is 7. The lowest BCUT2D eigenvalue weighted by Crippen LogP contribution is -2.48. The van der Waals surface area contributed by atoms with Crippen LogP contribution in [0.4, 0.5) is 0 Å². The van der Waals surface area contributed by atoms with Crippen LogP contribution < -0.4 is 5.32 Å².